The third-order valence-corrected chi connectivity index (χ3v) is 2.99. The molecule has 1 aromatic carbocycles. The van der Waals surface area contributed by atoms with Gasteiger partial charge in [0.15, 0.2) is 0 Å². The molecular formula is C13H17FN2O3. The third kappa shape index (κ3) is 4.03. The van der Waals surface area contributed by atoms with Crippen molar-refractivity contribution in [2.75, 3.05) is 7.05 Å². The monoisotopic (exact) mass is 268 g/mol. The van der Waals surface area contributed by atoms with Crippen molar-refractivity contribution >= 4 is 11.9 Å². The van der Waals surface area contributed by atoms with Gasteiger partial charge in [-0.2, -0.15) is 0 Å². The normalized spacial score (nSPS) is 13.7. The first-order valence-corrected chi connectivity index (χ1v) is 5.82. The summed E-state index contributed by atoms with van der Waals surface area (Å²) >= 11 is 0. The van der Waals surface area contributed by atoms with Crippen LogP contribution in [0.4, 0.5) is 4.39 Å². The summed E-state index contributed by atoms with van der Waals surface area (Å²) < 4.78 is 12.8. The smallest absolute Gasteiger partial charge is 0.305 e. The largest absolute Gasteiger partial charge is 0.481 e. The van der Waals surface area contributed by atoms with Gasteiger partial charge in [0.25, 0.3) is 0 Å². The molecule has 1 aromatic rings. The van der Waals surface area contributed by atoms with Crippen molar-refractivity contribution in [2.45, 2.75) is 25.4 Å². The van der Waals surface area contributed by atoms with Crippen LogP contribution in [-0.4, -0.2) is 35.0 Å². The fourth-order valence-electron chi connectivity index (χ4n) is 1.69. The van der Waals surface area contributed by atoms with E-state index in [9.17, 15) is 14.0 Å². The lowest BCUT2D eigenvalue weighted by molar-refractivity contribution is -0.142. The summed E-state index contributed by atoms with van der Waals surface area (Å²) in [7, 11) is 1.54. The Bertz CT molecular complexity index is 461. The second kappa shape index (κ2) is 6.29. The predicted octanol–water partition coefficient (Wildman–Crippen LogP) is 1.15. The fourth-order valence-corrected chi connectivity index (χ4v) is 1.69. The van der Waals surface area contributed by atoms with Crippen molar-refractivity contribution in [1.82, 2.24) is 4.90 Å². The van der Waals surface area contributed by atoms with E-state index in [-0.39, 0.29) is 11.9 Å². The molecule has 2 atom stereocenters. The van der Waals surface area contributed by atoms with Gasteiger partial charge in [-0.3, -0.25) is 9.59 Å². The zero-order valence-electron chi connectivity index (χ0n) is 10.8. The molecule has 0 aromatic heterocycles. The average molecular weight is 268 g/mol. The van der Waals surface area contributed by atoms with Crippen LogP contribution in [0, 0.1) is 5.82 Å². The van der Waals surface area contributed by atoms with E-state index in [0.717, 1.165) is 5.56 Å². The van der Waals surface area contributed by atoms with E-state index in [2.05, 4.69) is 0 Å². The minimum absolute atomic E-state index is 0.312. The van der Waals surface area contributed by atoms with Gasteiger partial charge in [-0.25, -0.2) is 4.39 Å². The molecule has 0 heterocycles. The molecule has 0 aliphatic heterocycles. The van der Waals surface area contributed by atoms with Gasteiger partial charge < -0.3 is 15.7 Å². The molecule has 0 spiro atoms. The predicted molar refractivity (Wildman–Crippen MR) is 67.8 cm³/mol. The van der Waals surface area contributed by atoms with Crippen molar-refractivity contribution in [2.24, 2.45) is 5.73 Å². The number of amides is 1. The number of halogens is 1. The second-order valence-electron chi connectivity index (χ2n) is 4.38. The van der Waals surface area contributed by atoms with Gasteiger partial charge in [0.1, 0.15) is 5.82 Å². The molecule has 0 saturated heterocycles. The van der Waals surface area contributed by atoms with Crippen LogP contribution in [0.1, 0.15) is 24.9 Å². The van der Waals surface area contributed by atoms with E-state index in [0.29, 0.717) is 0 Å². The Balaban J connectivity index is 2.76. The van der Waals surface area contributed by atoms with Crippen molar-refractivity contribution in [3.05, 3.63) is 35.6 Å². The summed E-state index contributed by atoms with van der Waals surface area (Å²) in [6, 6.07) is 4.38. The molecule has 1 amide bonds. The molecule has 19 heavy (non-hydrogen) atoms. The van der Waals surface area contributed by atoms with Crippen LogP contribution in [-0.2, 0) is 9.59 Å². The lowest BCUT2D eigenvalue weighted by atomic mass is 10.1. The quantitative estimate of drug-likeness (QED) is 0.839. The number of nitrogens with two attached hydrogens (primary N) is 1. The zero-order valence-corrected chi connectivity index (χ0v) is 10.8. The second-order valence-corrected chi connectivity index (χ2v) is 4.38. The highest BCUT2D eigenvalue weighted by atomic mass is 19.1. The van der Waals surface area contributed by atoms with E-state index < -0.39 is 24.3 Å². The Morgan fingerprint density at radius 3 is 2.37 bits per heavy atom. The highest BCUT2D eigenvalue weighted by Crippen LogP contribution is 2.19. The Labute approximate surface area is 110 Å². The van der Waals surface area contributed by atoms with Crippen LogP contribution < -0.4 is 5.73 Å². The van der Waals surface area contributed by atoms with Gasteiger partial charge in [-0.1, -0.05) is 12.1 Å². The highest BCUT2D eigenvalue weighted by Gasteiger charge is 2.24. The average Bonchev–Trinajstić information content (AvgIpc) is 2.36. The van der Waals surface area contributed by atoms with Crippen LogP contribution in [0.25, 0.3) is 0 Å². The maximum absolute atomic E-state index is 12.8. The van der Waals surface area contributed by atoms with Gasteiger partial charge in [0.2, 0.25) is 5.91 Å². The Morgan fingerprint density at radius 1 is 1.37 bits per heavy atom. The Morgan fingerprint density at radius 2 is 1.89 bits per heavy atom. The molecule has 0 aliphatic rings. The molecule has 0 fully saturated rings. The molecule has 5 nitrogen and oxygen atoms in total. The van der Waals surface area contributed by atoms with Crippen molar-refractivity contribution < 1.29 is 19.1 Å². The number of likely N-dealkylation sites (N-methyl/N-ethyl adjacent to an activating group) is 1. The van der Waals surface area contributed by atoms with E-state index in [1.165, 1.54) is 24.1 Å². The minimum atomic E-state index is -1.12. The first kappa shape index (κ1) is 15.1. The number of carbonyl (C=O) groups excluding carboxylic acids is 1. The van der Waals surface area contributed by atoms with Gasteiger partial charge in [0.05, 0.1) is 18.5 Å². The molecule has 0 radical (unpaired) electrons. The summed E-state index contributed by atoms with van der Waals surface area (Å²) in [6.07, 6.45) is -0.417. The lowest BCUT2D eigenvalue weighted by Gasteiger charge is -2.27. The highest BCUT2D eigenvalue weighted by molar-refractivity contribution is 5.86. The molecule has 2 unspecified atom stereocenters. The Kier molecular flexibility index (Phi) is 5.00. The summed E-state index contributed by atoms with van der Waals surface area (Å²) in [5, 5.41) is 8.61. The first-order chi connectivity index (χ1) is 8.82. The number of nitrogens with zero attached hydrogens (tertiary/aromatic N) is 1. The maximum Gasteiger partial charge on any atom is 0.305 e. The number of rotatable bonds is 5. The Hall–Kier alpha value is -1.95. The minimum Gasteiger partial charge on any atom is -0.481 e. The van der Waals surface area contributed by atoms with Crippen LogP contribution in [0.15, 0.2) is 24.3 Å². The van der Waals surface area contributed by atoms with Crippen LogP contribution in [0.3, 0.4) is 0 Å². The number of carbonyl (C=O) groups is 2. The molecule has 0 bridgehead atoms. The first-order valence-electron chi connectivity index (χ1n) is 5.82. The third-order valence-electron chi connectivity index (χ3n) is 2.99. The molecule has 1 rings (SSSR count). The van der Waals surface area contributed by atoms with Gasteiger partial charge in [-0.05, 0) is 24.6 Å². The number of carboxylic acid groups (broad SMARTS) is 1. The number of benzene rings is 1. The number of aliphatic carboxylic acids is 1. The number of hydrogen-bond acceptors (Lipinski definition) is 3. The zero-order chi connectivity index (χ0) is 14.6. The molecular weight excluding hydrogens is 251 g/mol. The number of hydrogen-bond donors (Lipinski definition) is 2. The molecule has 0 saturated carbocycles. The van der Waals surface area contributed by atoms with Crippen LogP contribution in [0.2, 0.25) is 0 Å². The van der Waals surface area contributed by atoms with E-state index >= 15 is 0 Å². The summed E-state index contributed by atoms with van der Waals surface area (Å²) in [5.41, 5.74) is 6.28. The molecule has 104 valence electrons. The summed E-state index contributed by atoms with van der Waals surface area (Å²) in [6.45, 7) is 1.76. The molecule has 6 heteroatoms. The van der Waals surface area contributed by atoms with E-state index in [4.69, 9.17) is 10.8 Å². The fraction of sp³-hybridized carbons (Fsp3) is 0.385. The van der Waals surface area contributed by atoms with E-state index in [1.54, 1.807) is 19.1 Å². The molecule has 3 N–H and O–H groups in total. The van der Waals surface area contributed by atoms with Crippen LogP contribution in [0.5, 0.6) is 0 Å². The topological polar surface area (TPSA) is 83.6 Å². The van der Waals surface area contributed by atoms with Gasteiger partial charge in [-0.15, -0.1) is 0 Å². The molecule has 0 aliphatic carbocycles. The van der Waals surface area contributed by atoms with Gasteiger partial charge in [0, 0.05) is 7.05 Å². The summed E-state index contributed by atoms with van der Waals surface area (Å²) in [5.74, 6) is -1.93. The van der Waals surface area contributed by atoms with E-state index in [1.807, 2.05) is 0 Å². The standard InChI is InChI=1S/C13H17FN2O3/c1-8(9-3-5-10(14)6-4-9)16(2)13(19)11(15)7-12(17)18/h3-6,8,11H,7,15H2,1-2H3,(H,17,18). The van der Waals surface area contributed by atoms with Crippen LogP contribution >= 0.6 is 0 Å². The maximum atomic E-state index is 12.8. The summed E-state index contributed by atoms with van der Waals surface area (Å²) in [4.78, 5) is 23.8. The van der Waals surface area contributed by atoms with Crippen molar-refractivity contribution in [3.63, 3.8) is 0 Å². The SMILES string of the molecule is CC(c1ccc(F)cc1)N(C)C(=O)C(N)CC(=O)O. The number of carboxylic acids is 1. The van der Waals surface area contributed by atoms with Crippen molar-refractivity contribution in [1.29, 1.82) is 0 Å². The van der Waals surface area contributed by atoms with Gasteiger partial charge >= 0.3 is 5.97 Å². The van der Waals surface area contributed by atoms with Crippen molar-refractivity contribution in [3.8, 4) is 0 Å². The lowest BCUT2D eigenvalue weighted by Crippen LogP contribution is -2.43.